The second kappa shape index (κ2) is 9.33. The molecule has 0 saturated carbocycles. The van der Waals surface area contributed by atoms with Gasteiger partial charge in [-0.05, 0) is 12.1 Å². The summed E-state index contributed by atoms with van der Waals surface area (Å²) < 4.78 is 21.6. The van der Waals surface area contributed by atoms with Gasteiger partial charge in [0.25, 0.3) is 5.91 Å². The van der Waals surface area contributed by atoms with Crippen molar-refractivity contribution in [2.45, 2.75) is 13.0 Å². The topological polar surface area (TPSA) is 120 Å². The first-order valence-electron chi connectivity index (χ1n) is 10.5. The maximum Gasteiger partial charge on any atom is 0.317 e. The molecule has 0 unspecified atom stereocenters. The van der Waals surface area contributed by atoms with Gasteiger partial charge in [-0.3, -0.25) is 14.5 Å². The van der Waals surface area contributed by atoms with E-state index in [0.29, 0.717) is 30.8 Å². The van der Waals surface area contributed by atoms with Crippen LogP contribution in [-0.4, -0.2) is 51.6 Å². The molecule has 1 aliphatic rings. The Hall–Kier alpha value is -4.23. The van der Waals surface area contributed by atoms with Crippen LogP contribution in [0, 0.1) is 17.1 Å². The van der Waals surface area contributed by atoms with E-state index in [9.17, 15) is 19.2 Å². The van der Waals surface area contributed by atoms with Crippen LogP contribution in [0.15, 0.2) is 36.4 Å². The van der Waals surface area contributed by atoms with Crippen LogP contribution in [0.3, 0.4) is 0 Å². The number of ether oxygens (including phenoxy) is 1. The number of methoxy groups -OCH3 is 1. The minimum absolute atomic E-state index is 0.0476. The van der Waals surface area contributed by atoms with Crippen molar-refractivity contribution in [3.8, 4) is 22.9 Å². The molecule has 0 bridgehead atoms. The number of amides is 1. The van der Waals surface area contributed by atoms with Gasteiger partial charge in [-0.15, -0.1) is 0 Å². The SMILES string of the molecule is COc1cccc(-c2cccc(NC(=O)c3nc4c(n3C)CCN(CC(=O)O)C4)c2C#N)c1F. The first-order chi connectivity index (χ1) is 16.3. The van der Waals surface area contributed by atoms with Crippen LogP contribution in [0.1, 0.15) is 27.6 Å². The summed E-state index contributed by atoms with van der Waals surface area (Å²) in [5, 5.41) is 21.6. The molecule has 0 fully saturated rings. The number of carboxylic acid groups (broad SMARTS) is 1. The lowest BCUT2D eigenvalue weighted by Gasteiger charge is -2.24. The number of carbonyl (C=O) groups excluding carboxylic acids is 1. The summed E-state index contributed by atoms with van der Waals surface area (Å²) in [7, 11) is 3.08. The van der Waals surface area contributed by atoms with Gasteiger partial charge in [0.1, 0.15) is 6.07 Å². The highest BCUT2D eigenvalue weighted by atomic mass is 19.1. The molecule has 4 rings (SSSR count). The highest BCUT2D eigenvalue weighted by molar-refractivity contribution is 6.03. The number of nitriles is 1. The number of halogens is 1. The molecule has 174 valence electrons. The zero-order chi connectivity index (χ0) is 24.4. The summed E-state index contributed by atoms with van der Waals surface area (Å²) in [5.74, 6) is -1.86. The molecule has 2 N–H and O–H groups in total. The summed E-state index contributed by atoms with van der Waals surface area (Å²) in [5.41, 5.74) is 2.33. The van der Waals surface area contributed by atoms with Gasteiger partial charge in [0.15, 0.2) is 17.4 Å². The number of aliphatic carboxylic acids is 1. The molecular weight excluding hydrogens is 441 g/mol. The zero-order valence-electron chi connectivity index (χ0n) is 18.6. The molecule has 34 heavy (non-hydrogen) atoms. The molecule has 9 nitrogen and oxygen atoms in total. The van der Waals surface area contributed by atoms with Crippen molar-refractivity contribution in [2.75, 3.05) is 25.5 Å². The van der Waals surface area contributed by atoms with Crippen molar-refractivity contribution >= 4 is 17.6 Å². The van der Waals surface area contributed by atoms with Crippen LogP contribution in [0.25, 0.3) is 11.1 Å². The Kier molecular flexibility index (Phi) is 6.30. The molecule has 3 aromatic rings. The van der Waals surface area contributed by atoms with Crippen LogP contribution >= 0.6 is 0 Å². The Labute approximate surface area is 195 Å². The first-order valence-corrected chi connectivity index (χ1v) is 10.5. The van der Waals surface area contributed by atoms with Gasteiger partial charge >= 0.3 is 5.97 Å². The van der Waals surface area contributed by atoms with Crippen LogP contribution in [-0.2, 0) is 24.8 Å². The number of carboxylic acids is 1. The molecule has 1 aromatic heterocycles. The average Bonchev–Trinajstić information content (AvgIpc) is 3.14. The largest absolute Gasteiger partial charge is 0.494 e. The van der Waals surface area contributed by atoms with Gasteiger partial charge in [0.05, 0.1) is 30.6 Å². The number of nitrogens with one attached hydrogen (secondary N) is 1. The monoisotopic (exact) mass is 463 g/mol. The van der Waals surface area contributed by atoms with Gasteiger partial charge in [-0.1, -0.05) is 24.3 Å². The minimum atomic E-state index is -0.922. The number of benzene rings is 2. The highest BCUT2D eigenvalue weighted by Gasteiger charge is 2.27. The molecule has 2 aromatic carbocycles. The van der Waals surface area contributed by atoms with Crippen LogP contribution in [0.4, 0.5) is 10.1 Å². The Balaban J connectivity index is 1.64. The molecular formula is C24H22FN5O4. The van der Waals surface area contributed by atoms with Crippen LogP contribution < -0.4 is 10.1 Å². The van der Waals surface area contributed by atoms with E-state index >= 15 is 0 Å². The summed E-state index contributed by atoms with van der Waals surface area (Å²) in [6, 6.07) is 11.5. The lowest BCUT2D eigenvalue weighted by molar-refractivity contribution is -0.138. The maximum absolute atomic E-state index is 14.9. The number of imidazole rings is 1. The van der Waals surface area contributed by atoms with Crippen molar-refractivity contribution in [2.24, 2.45) is 7.05 Å². The molecule has 1 amide bonds. The predicted octanol–water partition coefficient (Wildman–Crippen LogP) is 2.80. The van der Waals surface area contributed by atoms with E-state index in [0.717, 1.165) is 5.69 Å². The number of aromatic nitrogens is 2. The van der Waals surface area contributed by atoms with E-state index in [2.05, 4.69) is 16.4 Å². The highest BCUT2D eigenvalue weighted by Crippen LogP contribution is 2.34. The normalized spacial score (nSPS) is 13.1. The van der Waals surface area contributed by atoms with Gasteiger partial charge in [0, 0.05) is 43.4 Å². The number of rotatable bonds is 6. The molecule has 10 heteroatoms. The average molecular weight is 463 g/mol. The third-order valence-corrected chi connectivity index (χ3v) is 5.79. The Morgan fingerprint density at radius 2 is 2.00 bits per heavy atom. The molecule has 0 spiro atoms. The predicted molar refractivity (Wildman–Crippen MR) is 121 cm³/mol. The molecule has 0 radical (unpaired) electrons. The van der Waals surface area contributed by atoms with Crippen molar-refractivity contribution in [1.29, 1.82) is 5.26 Å². The van der Waals surface area contributed by atoms with E-state index < -0.39 is 17.7 Å². The van der Waals surface area contributed by atoms with Crippen molar-refractivity contribution < 1.29 is 23.8 Å². The second-order valence-electron chi connectivity index (χ2n) is 7.86. The van der Waals surface area contributed by atoms with E-state index in [1.807, 2.05) is 0 Å². The van der Waals surface area contributed by atoms with Crippen LogP contribution in [0.5, 0.6) is 5.75 Å². The summed E-state index contributed by atoms with van der Waals surface area (Å²) in [6.07, 6.45) is 0.563. The second-order valence-corrected chi connectivity index (χ2v) is 7.86. The van der Waals surface area contributed by atoms with E-state index in [1.54, 1.807) is 40.8 Å². The van der Waals surface area contributed by atoms with Gasteiger partial charge in [-0.2, -0.15) is 5.26 Å². The standard InChI is InChI=1S/C24H22FN5O4/c1-29-19-9-10-30(13-21(31)32)12-18(19)27-23(29)24(33)28-17-7-3-5-14(16(17)11-26)15-6-4-8-20(34-2)22(15)25/h3-8H,9-10,12-13H2,1-2H3,(H,28,33)(H,31,32). The lowest BCUT2D eigenvalue weighted by Crippen LogP contribution is -2.35. The fraction of sp³-hybridized carbons (Fsp3) is 0.250. The molecule has 0 atom stereocenters. The van der Waals surface area contributed by atoms with E-state index in [1.165, 1.54) is 19.2 Å². The lowest BCUT2D eigenvalue weighted by atomic mass is 9.98. The van der Waals surface area contributed by atoms with Gasteiger partial charge in [-0.25, -0.2) is 9.37 Å². The van der Waals surface area contributed by atoms with Crippen molar-refractivity contribution in [3.63, 3.8) is 0 Å². The van der Waals surface area contributed by atoms with Crippen molar-refractivity contribution in [1.82, 2.24) is 14.5 Å². The molecule has 0 saturated heterocycles. The first kappa shape index (κ1) is 22.9. The number of carbonyl (C=O) groups is 2. The number of hydrogen-bond acceptors (Lipinski definition) is 6. The molecule has 1 aliphatic heterocycles. The number of hydrogen-bond donors (Lipinski definition) is 2. The fourth-order valence-electron chi connectivity index (χ4n) is 4.17. The quantitative estimate of drug-likeness (QED) is 0.577. The number of anilines is 1. The number of nitrogens with zero attached hydrogens (tertiary/aromatic N) is 4. The maximum atomic E-state index is 14.9. The summed E-state index contributed by atoms with van der Waals surface area (Å²) in [6.45, 7) is 0.778. The van der Waals surface area contributed by atoms with Gasteiger partial charge < -0.3 is 19.7 Å². The fourth-order valence-corrected chi connectivity index (χ4v) is 4.17. The summed E-state index contributed by atoms with van der Waals surface area (Å²) >= 11 is 0. The Morgan fingerprint density at radius 3 is 2.71 bits per heavy atom. The van der Waals surface area contributed by atoms with E-state index in [-0.39, 0.29) is 34.9 Å². The molecule has 2 heterocycles. The van der Waals surface area contributed by atoms with Crippen molar-refractivity contribution in [3.05, 3.63) is 65.0 Å². The third-order valence-electron chi connectivity index (χ3n) is 5.79. The van der Waals surface area contributed by atoms with Crippen LogP contribution in [0.2, 0.25) is 0 Å². The third kappa shape index (κ3) is 4.21. The zero-order valence-corrected chi connectivity index (χ0v) is 18.6. The minimum Gasteiger partial charge on any atom is -0.494 e. The Bertz CT molecular complexity index is 1330. The smallest absolute Gasteiger partial charge is 0.317 e. The summed E-state index contributed by atoms with van der Waals surface area (Å²) in [4.78, 5) is 30.3. The number of fused-ring (bicyclic) bond motifs is 1. The van der Waals surface area contributed by atoms with E-state index in [4.69, 9.17) is 9.84 Å². The van der Waals surface area contributed by atoms with Gasteiger partial charge in [0.2, 0.25) is 0 Å². The Morgan fingerprint density at radius 1 is 1.26 bits per heavy atom. The molecule has 0 aliphatic carbocycles.